The fourth-order valence-electron chi connectivity index (χ4n) is 3.17. The summed E-state index contributed by atoms with van der Waals surface area (Å²) in [7, 11) is 0. The van der Waals surface area contributed by atoms with E-state index >= 15 is 0 Å². The number of hydrogen-bond donors (Lipinski definition) is 0. The quantitative estimate of drug-likeness (QED) is 0.804. The van der Waals surface area contributed by atoms with Crippen molar-refractivity contribution in [3.63, 3.8) is 0 Å². The lowest BCUT2D eigenvalue weighted by atomic mass is 10.00. The predicted molar refractivity (Wildman–Crippen MR) is 102 cm³/mol. The molecule has 5 heteroatoms. The Morgan fingerprint density at radius 2 is 1.50 bits per heavy atom. The third-order valence-electron chi connectivity index (χ3n) is 4.42. The highest BCUT2D eigenvalue weighted by molar-refractivity contribution is 7.99. The molecule has 1 fully saturated rings. The van der Waals surface area contributed by atoms with Crippen molar-refractivity contribution in [2.45, 2.75) is 5.25 Å². The molecule has 0 aliphatic carbocycles. The molecule has 2 heterocycles. The number of para-hydroxylation sites is 2. The van der Waals surface area contributed by atoms with Crippen LogP contribution in [-0.2, 0) is 4.74 Å². The van der Waals surface area contributed by atoms with Crippen molar-refractivity contribution in [3.05, 3.63) is 59.7 Å². The molecule has 0 atom stereocenters. The molecule has 2 aliphatic heterocycles. The number of benzene rings is 2. The van der Waals surface area contributed by atoms with Gasteiger partial charge in [-0.3, -0.25) is 4.90 Å². The first kappa shape index (κ1) is 17.6. The van der Waals surface area contributed by atoms with Crippen LogP contribution < -0.4 is 4.74 Å². The van der Waals surface area contributed by atoms with E-state index in [-0.39, 0.29) is 12.4 Å². The zero-order valence-corrected chi connectivity index (χ0v) is 15.2. The van der Waals surface area contributed by atoms with Crippen molar-refractivity contribution in [1.82, 2.24) is 4.90 Å². The van der Waals surface area contributed by atoms with E-state index in [1.54, 1.807) is 0 Å². The highest BCUT2D eigenvalue weighted by atomic mass is 35.5. The number of morpholine rings is 1. The molecule has 0 unspecified atom stereocenters. The van der Waals surface area contributed by atoms with Crippen molar-refractivity contribution in [2.75, 3.05) is 38.6 Å². The largest absolute Gasteiger partial charge is 0.457 e. The van der Waals surface area contributed by atoms with Crippen LogP contribution in [0.15, 0.2) is 48.5 Å². The molecular formula is C19H22ClNO2S. The lowest BCUT2D eigenvalue weighted by molar-refractivity contribution is 0.0410. The van der Waals surface area contributed by atoms with E-state index in [4.69, 9.17) is 9.47 Å². The maximum absolute atomic E-state index is 6.06. The Morgan fingerprint density at radius 1 is 0.917 bits per heavy atom. The average Bonchev–Trinajstić information content (AvgIpc) is 2.62. The number of ether oxygens (including phenoxy) is 2. The third kappa shape index (κ3) is 3.72. The van der Waals surface area contributed by atoms with Crippen molar-refractivity contribution >= 4 is 24.2 Å². The molecule has 3 nitrogen and oxygen atoms in total. The van der Waals surface area contributed by atoms with E-state index in [0.717, 1.165) is 50.1 Å². The maximum atomic E-state index is 6.06. The molecule has 4 rings (SSSR count). The molecule has 2 aliphatic rings. The summed E-state index contributed by atoms with van der Waals surface area (Å²) < 4.78 is 11.5. The van der Waals surface area contributed by atoms with E-state index in [1.165, 1.54) is 11.1 Å². The van der Waals surface area contributed by atoms with Gasteiger partial charge in [0.25, 0.3) is 0 Å². The average molecular weight is 364 g/mol. The standard InChI is InChI=1S/C19H21NO2S.ClH/c1-3-7-17-15(5-1)19(16-6-2-4-8-18(16)22-17)23-14-11-20-9-12-21-13-10-20;/h1-8,19H,9-14H2;1H. The molecule has 1 saturated heterocycles. The molecule has 0 radical (unpaired) electrons. The number of fused-ring (bicyclic) bond motifs is 2. The van der Waals surface area contributed by atoms with Crippen molar-refractivity contribution in [3.8, 4) is 11.5 Å². The summed E-state index contributed by atoms with van der Waals surface area (Å²) in [4.78, 5) is 2.49. The number of rotatable bonds is 4. The summed E-state index contributed by atoms with van der Waals surface area (Å²) >= 11 is 2.01. The summed E-state index contributed by atoms with van der Waals surface area (Å²) in [6.45, 7) is 4.97. The monoisotopic (exact) mass is 363 g/mol. The first-order valence-electron chi connectivity index (χ1n) is 8.19. The lowest BCUT2D eigenvalue weighted by Gasteiger charge is -2.30. The Morgan fingerprint density at radius 3 is 2.12 bits per heavy atom. The second kappa shape index (κ2) is 8.26. The van der Waals surface area contributed by atoms with E-state index < -0.39 is 0 Å². The molecule has 0 amide bonds. The summed E-state index contributed by atoms with van der Waals surface area (Å²) in [6, 6.07) is 16.8. The van der Waals surface area contributed by atoms with Crippen LogP contribution in [-0.4, -0.2) is 43.5 Å². The molecule has 0 saturated carbocycles. The van der Waals surface area contributed by atoms with Crippen LogP contribution in [0.4, 0.5) is 0 Å². The Bertz CT molecular complexity index is 630. The van der Waals surface area contributed by atoms with Gasteiger partial charge in [-0.1, -0.05) is 36.4 Å². The van der Waals surface area contributed by atoms with Crippen LogP contribution in [0, 0.1) is 0 Å². The molecule has 2 aromatic carbocycles. The molecule has 2 aromatic rings. The van der Waals surface area contributed by atoms with Crippen LogP contribution >= 0.6 is 24.2 Å². The van der Waals surface area contributed by atoms with E-state index in [0.29, 0.717) is 5.25 Å². The van der Waals surface area contributed by atoms with Crippen LogP contribution in [0.5, 0.6) is 11.5 Å². The third-order valence-corrected chi connectivity index (χ3v) is 5.68. The minimum absolute atomic E-state index is 0. The van der Waals surface area contributed by atoms with Crippen LogP contribution in [0.3, 0.4) is 0 Å². The first-order valence-corrected chi connectivity index (χ1v) is 9.24. The number of halogens is 1. The van der Waals surface area contributed by atoms with Crippen molar-refractivity contribution in [1.29, 1.82) is 0 Å². The fraction of sp³-hybridized carbons (Fsp3) is 0.368. The summed E-state index contributed by atoms with van der Waals surface area (Å²) in [5.41, 5.74) is 2.58. The number of nitrogens with zero attached hydrogens (tertiary/aromatic N) is 1. The minimum Gasteiger partial charge on any atom is -0.457 e. The Hall–Kier alpha value is -1.20. The van der Waals surface area contributed by atoms with Gasteiger partial charge < -0.3 is 9.47 Å². The molecule has 0 aromatic heterocycles. The molecule has 0 spiro atoms. The topological polar surface area (TPSA) is 21.7 Å². The smallest absolute Gasteiger partial charge is 0.132 e. The number of hydrogen-bond acceptors (Lipinski definition) is 4. The Balaban J connectivity index is 0.00000169. The lowest BCUT2D eigenvalue weighted by Crippen LogP contribution is -2.37. The predicted octanol–water partition coefficient (Wildman–Crippen LogP) is 4.37. The molecule has 0 N–H and O–H groups in total. The van der Waals surface area contributed by atoms with Crippen molar-refractivity contribution in [2.24, 2.45) is 0 Å². The Labute approximate surface area is 153 Å². The van der Waals surface area contributed by atoms with Crippen LogP contribution in [0.1, 0.15) is 16.4 Å². The number of thioether (sulfide) groups is 1. The normalized spacial score (nSPS) is 17.3. The van der Waals surface area contributed by atoms with Gasteiger partial charge in [0, 0.05) is 36.5 Å². The van der Waals surface area contributed by atoms with Gasteiger partial charge in [-0.2, -0.15) is 0 Å². The second-order valence-corrected chi connectivity index (χ2v) is 7.10. The van der Waals surface area contributed by atoms with E-state index in [9.17, 15) is 0 Å². The van der Waals surface area contributed by atoms with Crippen molar-refractivity contribution < 1.29 is 9.47 Å². The van der Waals surface area contributed by atoms with Crippen LogP contribution in [0.25, 0.3) is 0 Å². The molecular weight excluding hydrogens is 342 g/mol. The summed E-state index contributed by atoms with van der Waals surface area (Å²) in [6.07, 6.45) is 0. The fourth-order valence-corrected chi connectivity index (χ4v) is 4.52. The minimum atomic E-state index is 0. The van der Waals surface area contributed by atoms with Gasteiger partial charge in [0.05, 0.1) is 18.5 Å². The van der Waals surface area contributed by atoms with Gasteiger partial charge in [0.2, 0.25) is 0 Å². The highest BCUT2D eigenvalue weighted by Gasteiger charge is 2.27. The first-order chi connectivity index (χ1) is 11.4. The van der Waals surface area contributed by atoms with Gasteiger partial charge in [-0.25, -0.2) is 0 Å². The molecule has 24 heavy (non-hydrogen) atoms. The molecule has 128 valence electrons. The SMILES string of the molecule is Cl.c1ccc2c(c1)Oc1ccccc1C2SCCN1CCOCC1. The molecule has 0 bridgehead atoms. The van der Waals surface area contributed by atoms with Gasteiger partial charge >= 0.3 is 0 Å². The maximum Gasteiger partial charge on any atom is 0.132 e. The summed E-state index contributed by atoms with van der Waals surface area (Å²) in [5, 5.41) is 0.359. The second-order valence-electron chi connectivity index (χ2n) is 5.88. The van der Waals surface area contributed by atoms with E-state index in [1.807, 2.05) is 23.9 Å². The van der Waals surface area contributed by atoms with E-state index in [2.05, 4.69) is 41.3 Å². The zero-order chi connectivity index (χ0) is 15.5. The Kier molecular flexibility index (Phi) is 6.06. The zero-order valence-electron chi connectivity index (χ0n) is 13.5. The van der Waals surface area contributed by atoms with Gasteiger partial charge in [0.15, 0.2) is 0 Å². The highest BCUT2D eigenvalue weighted by Crippen LogP contribution is 2.48. The van der Waals surface area contributed by atoms with Crippen LogP contribution in [0.2, 0.25) is 0 Å². The van der Waals surface area contributed by atoms with Gasteiger partial charge in [-0.15, -0.1) is 24.2 Å². The van der Waals surface area contributed by atoms with Gasteiger partial charge in [-0.05, 0) is 12.1 Å². The summed E-state index contributed by atoms with van der Waals surface area (Å²) in [5.74, 6) is 3.11. The van der Waals surface area contributed by atoms with Gasteiger partial charge in [0.1, 0.15) is 11.5 Å².